The number of ether oxygens (including phenoxy) is 1. The molecular formula is C18H21NO2. The molecule has 0 aliphatic rings. The normalized spacial score (nSPS) is 10.5. The SMILES string of the molecule is Cc1cccc(N(C)C(=O)c2ccccc2OC(C)C)c1. The third-order valence-corrected chi connectivity index (χ3v) is 3.17. The van der Waals surface area contributed by atoms with E-state index in [1.807, 2.05) is 63.2 Å². The van der Waals surface area contributed by atoms with Gasteiger partial charge in [0.15, 0.2) is 0 Å². The molecule has 0 heterocycles. The van der Waals surface area contributed by atoms with Crippen LogP contribution in [0.25, 0.3) is 0 Å². The number of aryl methyl sites for hydroxylation is 1. The molecule has 110 valence electrons. The highest BCUT2D eigenvalue weighted by molar-refractivity contribution is 6.07. The summed E-state index contributed by atoms with van der Waals surface area (Å²) in [7, 11) is 1.78. The van der Waals surface area contributed by atoms with Crippen LogP contribution in [0.3, 0.4) is 0 Å². The number of rotatable bonds is 4. The maximum absolute atomic E-state index is 12.7. The highest BCUT2D eigenvalue weighted by Gasteiger charge is 2.18. The summed E-state index contributed by atoms with van der Waals surface area (Å²) in [5, 5.41) is 0. The molecule has 21 heavy (non-hydrogen) atoms. The van der Waals surface area contributed by atoms with Crippen LogP contribution in [0, 0.1) is 6.92 Å². The van der Waals surface area contributed by atoms with Crippen molar-refractivity contribution in [2.24, 2.45) is 0 Å². The lowest BCUT2D eigenvalue weighted by Crippen LogP contribution is -2.27. The zero-order valence-corrected chi connectivity index (χ0v) is 13.0. The number of amides is 1. The monoisotopic (exact) mass is 283 g/mol. The van der Waals surface area contributed by atoms with Crippen LogP contribution in [0.15, 0.2) is 48.5 Å². The van der Waals surface area contributed by atoms with Crippen molar-refractivity contribution in [3.8, 4) is 5.75 Å². The van der Waals surface area contributed by atoms with Crippen molar-refractivity contribution >= 4 is 11.6 Å². The Morgan fingerprint density at radius 3 is 2.48 bits per heavy atom. The lowest BCUT2D eigenvalue weighted by atomic mass is 10.1. The molecule has 0 fully saturated rings. The Labute approximate surface area is 126 Å². The van der Waals surface area contributed by atoms with Crippen LogP contribution in [0.4, 0.5) is 5.69 Å². The molecule has 2 rings (SSSR count). The minimum Gasteiger partial charge on any atom is -0.490 e. The molecule has 1 amide bonds. The molecule has 0 aliphatic carbocycles. The van der Waals surface area contributed by atoms with Crippen molar-refractivity contribution in [1.82, 2.24) is 0 Å². The quantitative estimate of drug-likeness (QED) is 0.847. The first-order valence-corrected chi connectivity index (χ1v) is 7.09. The van der Waals surface area contributed by atoms with Crippen LogP contribution in [-0.2, 0) is 0 Å². The van der Waals surface area contributed by atoms with E-state index in [2.05, 4.69) is 0 Å². The fourth-order valence-electron chi connectivity index (χ4n) is 2.13. The summed E-state index contributed by atoms with van der Waals surface area (Å²) in [5.74, 6) is 0.550. The van der Waals surface area contributed by atoms with Gasteiger partial charge in [-0.3, -0.25) is 4.79 Å². The fourth-order valence-corrected chi connectivity index (χ4v) is 2.13. The Hall–Kier alpha value is -2.29. The van der Waals surface area contributed by atoms with Gasteiger partial charge in [0.05, 0.1) is 11.7 Å². The van der Waals surface area contributed by atoms with Crippen molar-refractivity contribution in [3.05, 3.63) is 59.7 Å². The van der Waals surface area contributed by atoms with E-state index in [1.54, 1.807) is 18.0 Å². The highest BCUT2D eigenvalue weighted by atomic mass is 16.5. The van der Waals surface area contributed by atoms with E-state index in [0.29, 0.717) is 11.3 Å². The molecule has 2 aromatic rings. The molecule has 0 bridgehead atoms. The average Bonchev–Trinajstić information content (AvgIpc) is 2.46. The average molecular weight is 283 g/mol. The van der Waals surface area contributed by atoms with Crippen LogP contribution in [-0.4, -0.2) is 19.1 Å². The van der Waals surface area contributed by atoms with Crippen LogP contribution >= 0.6 is 0 Å². The lowest BCUT2D eigenvalue weighted by Gasteiger charge is -2.20. The molecule has 0 radical (unpaired) electrons. The van der Waals surface area contributed by atoms with Gasteiger partial charge >= 0.3 is 0 Å². The first-order valence-electron chi connectivity index (χ1n) is 7.09. The summed E-state index contributed by atoms with van der Waals surface area (Å²) in [4.78, 5) is 14.4. The Kier molecular flexibility index (Phi) is 4.63. The predicted molar refractivity (Wildman–Crippen MR) is 86.1 cm³/mol. The fraction of sp³-hybridized carbons (Fsp3) is 0.278. The van der Waals surface area contributed by atoms with Gasteiger partial charge in [-0.1, -0.05) is 24.3 Å². The smallest absolute Gasteiger partial charge is 0.261 e. The van der Waals surface area contributed by atoms with E-state index >= 15 is 0 Å². The van der Waals surface area contributed by atoms with E-state index in [0.717, 1.165) is 11.3 Å². The van der Waals surface area contributed by atoms with E-state index in [-0.39, 0.29) is 12.0 Å². The summed E-state index contributed by atoms with van der Waals surface area (Å²) in [6, 6.07) is 15.2. The second-order valence-electron chi connectivity index (χ2n) is 5.37. The third kappa shape index (κ3) is 3.63. The number of benzene rings is 2. The molecule has 0 saturated carbocycles. The van der Waals surface area contributed by atoms with Gasteiger partial charge in [0.25, 0.3) is 5.91 Å². The zero-order valence-electron chi connectivity index (χ0n) is 13.0. The van der Waals surface area contributed by atoms with Crippen LogP contribution in [0.2, 0.25) is 0 Å². The number of carbonyl (C=O) groups excluding carboxylic acids is 1. The molecule has 0 N–H and O–H groups in total. The van der Waals surface area contributed by atoms with Gasteiger partial charge in [-0.05, 0) is 50.6 Å². The van der Waals surface area contributed by atoms with E-state index in [9.17, 15) is 4.79 Å². The Morgan fingerprint density at radius 2 is 1.81 bits per heavy atom. The molecular weight excluding hydrogens is 262 g/mol. The molecule has 0 spiro atoms. The maximum atomic E-state index is 12.7. The first kappa shape index (κ1) is 15.1. The van der Waals surface area contributed by atoms with Crippen molar-refractivity contribution in [2.75, 3.05) is 11.9 Å². The van der Waals surface area contributed by atoms with Crippen molar-refractivity contribution in [1.29, 1.82) is 0 Å². The molecule has 2 aromatic carbocycles. The summed E-state index contributed by atoms with van der Waals surface area (Å²) < 4.78 is 5.73. The molecule has 0 aromatic heterocycles. The van der Waals surface area contributed by atoms with E-state index in [1.165, 1.54) is 0 Å². The standard InChI is InChI=1S/C18H21NO2/c1-13(2)21-17-11-6-5-10-16(17)18(20)19(4)15-9-7-8-14(3)12-15/h5-13H,1-4H3. The maximum Gasteiger partial charge on any atom is 0.261 e. The van der Waals surface area contributed by atoms with Crippen LogP contribution < -0.4 is 9.64 Å². The van der Waals surface area contributed by atoms with Gasteiger partial charge < -0.3 is 9.64 Å². The number of para-hydroxylation sites is 1. The van der Waals surface area contributed by atoms with Gasteiger partial charge in [-0.15, -0.1) is 0 Å². The summed E-state index contributed by atoms with van der Waals surface area (Å²) in [5.41, 5.74) is 2.58. The number of carbonyl (C=O) groups is 1. The number of hydrogen-bond acceptors (Lipinski definition) is 2. The zero-order chi connectivity index (χ0) is 15.4. The Balaban J connectivity index is 2.31. The topological polar surface area (TPSA) is 29.5 Å². The van der Waals surface area contributed by atoms with E-state index < -0.39 is 0 Å². The molecule has 3 heteroatoms. The second kappa shape index (κ2) is 6.44. The van der Waals surface area contributed by atoms with Crippen molar-refractivity contribution in [2.45, 2.75) is 26.9 Å². The summed E-state index contributed by atoms with van der Waals surface area (Å²) in [6.45, 7) is 5.91. The lowest BCUT2D eigenvalue weighted by molar-refractivity contribution is 0.0987. The highest BCUT2D eigenvalue weighted by Crippen LogP contribution is 2.23. The van der Waals surface area contributed by atoms with Crippen molar-refractivity contribution < 1.29 is 9.53 Å². The van der Waals surface area contributed by atoms with E-state index in [4.69, 9.17) is 4.74 Å². The number of nitrogens with zero attached hydrogens (tertiary/aromatic N) is 1. The third-order valence-electron chi connectivity index (χ3n) is 3.17. The minimum atomic E-state index is -0.0724. The van der Waals surface area contributed by atoms with Crippen LogP contribution in [0.5, 0.6) is 5.75 Å². The van der Waals surface area contributed by atoms with Crippen molar-refractivity contribution in [3.63, 3.8) is 0 Å². The second-order valence-corrected chi connectivity index (χ2v) is 5.37. The predicted octanol–water partition coefficient (Wildman–Crippen LogP) is 4.06. The van der Waals surface area contributed by atoms with Gasteiger partial charge in [0, 0.05) is 12.7 Å². The molecule has 0 saturated heterocycles. The molecule has 0 unspecified atom stereocenters. The first-order chi connectivity index (χ1) is 9.99. The van der Waals surface area contributed by atoms with Gasteiger partial charge in [-0.2, -0.15) is 0 Å². The summed E-state index contributed by atoms with van der Waals surface area (Å²) >= 11 is 0. The Bertz CT molecular complexity index is 635. The van der Waals surface area contributed by atoms with Gasteiger partial charge in [0.2, 0.25) is 0 Å². The number of anilines is 1. The van der Waals surface area contributed by atoms with Gasteiger partial charge in [-0.25, -0.2) is 0 Å². The molecule has 3 nitrogen and oxygen atoms in total. The largest absolute Gasteiger partial charge is 0.490 e. The van der Waals surface area contributed by atoms with Crippen LogP contribution in [0.1, 0.15) is 29.8 Å². The van der Waals surface area contributed by atoms with Gasteiger partial charge in [0.1, 0.15) is 5.75 Å². The number of hydrogen-bond donors (Lipinski definition) is 0. The Morgan fingerprint density at radius 1 is 1.10 bits per heavy atom. The minimum absolute atomic E-state index is 0.0308. The molecule has 0 aliphatic heterocycles. The molecule has 0 atom stereocenters. The summed E-state index contributed by atoms with van der Waals surface area (Å²) in [6.07, 6.45) is 0.0308.